The monoisotopic (exact) mass is 255 g/mol. The molecule has 0 spiro atoms. The van der Waals surface area contributed by atoms with Crippen molar-refractivity contribution < 1.29 is 4.39 Å². The number of aryl methyl sites for hydroxylation is 1. The lowest BCUT2D eigenvalue weighted by molar-refractivity contribution is 0.640. The van der Waals surface area contributed by atoms with Crippen molar-refractivity contribution in [3.63, 3.8) is 0 Å². The van der Waals surface area contributed by atoms with Crippen LogP contribution < -0.4 is 5.73 Å². The maximum absolute atomic E-state index is 13.8. The first-order valence-electron chi connectivity index (χ1n) is 6.10. The molecule has 2 heterocycles. The van der Waals surface area contributed by atoms with Crippen molar-refractivity contribution in [2.24, 2.45) is 12.8 Å². The van der Waals surface area contributed by atoms with Crippen LogP contribution in [0.1, 0.15) is 5.56 Å². The second-order valence-electron chi connectivity index (χ2n) is 4.51. The van der Waals surface area contributed by atoms with E-state index < -0.39 is 0 Å². The number of benzene rings is 1. The van der Waals surface area contributed by atoms with Gasteiger partial charge in [0.05, 0.1) is 16.9 Å². The molecule has 0 fully saturated rings. The van der Waals surface area contributed by atoms with Gasteiger partial charge in [-0.1, -0.05) is 6.07 Å². The highest BCUT2D eigenvalue weighted by Crippen LogP contribution is 2.27. The number of rotatable bonds is 2. The van der Waals surface area contributed by atoms with Crippen molar-refractivity contribution in [1.82, 2.24) is 9.55 Å². The Morgan fingerprint density at radius 3 is 2.84 bits per heavy atom. The average molecular weight is 255 g/mol. The highest BCUT2D eigenvalue weighted by atomic mass is 19.1. The summed E-state index contributed by atoms with van der Waals surface area (Å²) >= 11 is 0. The number of halogens is 1. The molecule has 0 saturated heterocycles. The minimum Gasteiger partial charge on any atom is -0.342 e. The van der Waals surface area contributed by atoms with Crippen molar-refractivity contribution in [2.75, 3.05) is 0 Å². The van der Waals surface area contributed by atoms with Crippen LogP contribution in [-0.4, -0.2) is 9.55 Å². The topological polar surface area (TPSA) is 43.8 Å². The Balaban J connectivity index is 2.25. The van der Waals surface area contributed by atoms with E-state index >= 15 is 0 Å². The zero-order valence-electron chi connectivity index (χ0n) is 10.6. The molecule has 1 aromatic carbocycles. The molecular weight excluding hydrogens is 241 g/mol. The van der Waals surface area contributed by atoms with E-state index in [0.29, 0.717) is 11.9 Å². The van der Waals surface area contributed by atoms with Gasteiger partial charge in [-0.15, -0.1) is 0 Å². The summed E-state index contributed by atoms with van der Waals surface area (Å²) in [5.41, 5.74) is 9.20. The van der Waals surface area contributed by atoms with E-state index in [-0.39, 0.29) is 5.82 Å². The molecule has 0 aliphatic carbocycles. The van der Waals surface area contributed by atoms with E-state index in [1.54, 1.807) is 12.3 Å². The van der Waals surface area contributed by atoms with E-state index in [1.807, 2.05) is 35.9 Å². The predicted octanol–water partition coefficient (Wildman–Crippen LogP) is 2.84. The Bertz CT molecular complexity index is 746. The van der Waals surface area contributed by atoms with E-state index in [9.17, 15) is 4.39 Å². The first kappa shape index (κ1) is 11.9. The average Bonchev–Trinajstić information content (AvgIpc) is 2.78. The Kier molecular flexibility index (Phi) is 2.80. The van der Waals surface area contributed by atoms with Gasteiger partial charge in [0.25, 0.3) is 0 Å². The van der Waals surface area contributed by atoms with E-state index in [4.69, 9.17) is 5.73 Å². The minimum absolute atomic E-state index is 0.214. The van der Waals surface area contributed by atoms with Crippen molar-refractivity contribution in [3.8, 4) is 11.4 Å². The standard InChI is InChI=1S/C15H14FN3/c1-19-14-4-2-3-12(16)11(14)8-15(19)13-7-10(9-17)5-6-18-13/h2-8H,9,17H2,1H3. The van der Waals surface area contributed by atoms with Crippen LogP contribution in [0.25, 0.3) is 22.3 Å². The number of pyridine rings is 1. The van der Waals surface area contributed by atoms with Crippen molar-refractivity contribution in [2.45, 2.75) is 6.54 Å². The van der Waals surface area contributed by atoms with Gasteiger partial charge in [-0.05, 0) is 35.9 Å². The van der Waals surface area contributed by atoms with Crippen LogP contribution in [0.4, 0.5) is 4.39 Å². The zero-order chi connectivity index (χ0) is 13.4. The molecular formula is C15H14FN3. The molecule has 4 heteroatoms. The lowest BCUT2D eigenvalue weighted by Crippen LogP contribution is -1.98. The third-order valence-corrected chi connectivity index (χ3v) is 3.36. The summed E-state index contributed by atoms with van der Waals surface area (Å²) in [6.07, 6.45) is 1.73. The predicted molar refractivity (Wildman–Crippen MR) is 74.0 cm³/mol. The summed E-state index contributed by atoms with van der Waals surface area (Å²) in [5, 5.41) is 0.611. The number of hydrogen-bond donors (Lipinski definition) is 1. The highest BCUT2D eigenvalue weighted by molar-refractivity contribution is 5.86. The van der Waals surface area contributed by atoms with E-state index in [1.165, 1.54) is 6.07 Å². The first-order valence-corrected chi connectivity index (χ1v) is 6.10. The number of nitrogens with zero attached hydrogens (tertiary/aromatic N) is 2. The maximum atomic E-state index is 13.8. The van der Waals surface area contributed by atoms with Crippen molar-refractivity contribution in [3.05, 3.63) is 54.0 Å². The SMILES string of the molecule is Cn1c(-c2cc(CN)ccn2)cc2c(F)cccc21. The smallest absolute Gasteiger partial charge is 0.132 e. The molecule has 96 valence electrons. The molecule has 3 aromatic rings. The van der Waals surface area contributed by atoms with Crippen LogP contribution >= 0.6 is 0 Å². The Morgan fingerprint density at radius 2 is 2.11 bits per heavy atom. The normalized spacial score (nSPS) is 11.1. The fraction of sp³-hybridized carbons (Fsp3) is 0.133. The fourth-order valence-corrected chi connectivity index (χ4v) is 2.31. The van der Waals surface area contributed by atoms with Crippen LogP contribution in [0, 0.1) is 5.82 Å². The molecule has 0 aliphatic rings. The summed E-state index contributed by atoms with van der Waals surface area (Å²) in [7, 11) is 1.91. The van der Waals surface area contributed by atoms with Gasteiger partial charge in [0.2, 0.25) is 0 Å². The van der Waals surface area contributed by atoms with Crippen LogP contribution in [0.3, 0.4) is 0 Å². The molecule has 2 aromatic heterocycles. The largest absolute Gasteiger partial charge is 0.342 e. The molecule has 3 rings (SSSR count). The molecule has 0 atom stereocenters. The number of hydrogen-bond acceptors (Lipinski definition) is 2. The molecule has 0 saturated carbocycles. The summed E-state index contributed by atoms with van der Waals surface area (Å²) < 4.78 is 15.7. The molecule has 19 heavy (non-hydrogen) atoms. The van der Waals surface area contributed by atoms with Gasteiger partial charge >= 0.3 is 0 Å². The minimum atomic E-state index is -0.214. The van der Waals surface area contributed by atoms with Gasteiger partial charge in [-0.3, -0.25) is 4.98 Å². The summed E-state index contributed by atoms with van der Waals surface area (Å²) in [5.74, 6) is -0.214. The third-order valence-electron chi connectivity index (χ3n) is 3.36. The second-order valence-corrected chi connectivity index (χ2v) is 4.51. The first-order chi connectivity index (χ1) is 9.20. The van der Waals surface area contributed by atoms with Gasteiger partial charge in [0.1, 0.15) is 5.82 Å². The fourth-order valence-electron chi connectivity index (χ4n) is 2.31. The van der Waals surface area contributed by atoms with E-state index in [0.717, 1.165) is 22.5 Å². The summed E-state index contributed by atoms with van der Waals surface area (Å²) in [4.78, 5) is 4.34. The third kappa shape index (κ3) is 1.90. The Hall–Kier alpha value is -2.20. The number of aromatic nitrogens is 2. The molecule has 0 bridgehead atoms. The quantitative estimate of drug-likeness (QED) is 0.765. The van der Waals surface area contributed by atoms with E-state index in [2.05, 4.69) is 4.98 Å². The highest BCUT2D eigenvalue weighted by Gasteiger charge is 2.11. The van der Waals surface area contributed by atoms with Crippen LogP contribution in [-0.2, 0) is 13.6 Å². The van der Waals surface area contributed by atoms with Gasteiger partial charge in [0.15, 0.2) is 0 Å². The molecule has 0 radical (unpaired) electrons. The molecule has 0 aliphatic heterocycles. The molecule has 2 N–H and O–H groups in total. The molecule has 0 unspecified atom stereocenters. The van der Waals surface area contributed by atoms with Crippen LogP contribution in [0.15, 0.2) is 42.6 Å². The number of nitrogens with two attached hydrogens (primary N) is 1. The van der Waals surface area contributed by atoms with Gasteiger partial charge < -0.3 is 10.3 Å². The summed E-state index contributed by atoms with van der Waals surface area (Å²) in [6, 6.07) is 10.7. The Labute approximate surface area is 110 Å². The van der Waals surface area contributed by atoms with Gasteiger partial charge in [0, 0.05) is 25.2 Å². The Morgan fingerprint density at radius 1 is 1.26 bits per heavy atom. The second kappa shape index (κ2) is 4.48. The lowest BCUT2D eigenvalue weighted by atomic mass is 10.2. The molecule has 3 nitrogen and oxygen atoms in total. The number of fused-ring (bicyclic) bond motifs is 1. The van der Waals surface area contributed by atoms with Crippen molar-refractivity contribution >= 4 is 10.9 Å². The van der Waals surface area contributed by atoms with Crippen LogP contribution in [0.2, 0.25) is 0 Å². The van der Waals surface area contributed by atoms with Crippen molar-refractivity contribution in [1.29, 1.82) is 0 Å². The maximum Gasteiger partial charge on any atom is 0.132 e. The lowest BCUT2D eigenvalue weighted by Gasteiger charge is -2.05. The zero-order valence-corrected chi connectivity index (χ0v) is 10.6. The van der Waals surface area contributed by atoms with Crippen LogP contribution in [0.5, 0.6) is 0 Å². The van der Waals surface area contributed by atoms with Gasteiger partial charge in [-0.25, -0.2) is 4.39 Å². The summed E-state index contributed by atoms with van der Waals surface area (Å²) in [6.45, 7) is 0.466. The van der Waals surface area contributed by atoms with Gasteiger partial charge in [-0.2, -0.15) is 0 Å². The molecule has 0 amide bonds.